The van der Waals surface area contributed by atoms with E-state index in [1.807, 2.05) is 10.8 Å². The van der Waals surface area contributed by atoms with Crippen molar-refractivity contribution in [3.05, 3.63) is 77.1 Å². The molecule has 2 aliphatic carbocycles. The average Bonchev–Trinajstić information content (AvgIpc) is 3.43. The van der Waals surface area contributed by atoms with Crippen molar-refractivity contribution in [2.24, 2.45) is 17.8 Å². The fourth-order valence-electron chi connectivity index (χ4n) is 5.79. The van der Waals surface area contributed by atoms with E-state index in [0.717, 1.165) is 32.2 Å². The molecular formula is C25H23ClF3N3O3S. The number of aromatic nitrogens is 2. The summed E-state index contributed by atoms with van der Waals surface area (Å²) in [5, 5.41) is 1.69. The van der Waals surface area contributed by atoms with Crippen molar-refractivity contribution in [2.75, 3.05) is 5.32 Å². The zero-order valence-electron chi connectivity index (χ0n) is 19.0. The summed E-state index contributed by atoms with van der Waals surface area (Å²) in [4.78, 5) is 16.7. The van der Waals surface area contributed by atoms with Crippen molar-refractivity contribution in [1.82, 2.24) is 9.55 Å². The summed E-state index contributed by atoms with van der Waals surface area (Å²) in [5.41, 5.74) is -0.353. The highest BCUT2D eigenvalue weighted by Crippen LogP contribution is 2.50. The second-order valence-corrected chi connectivity index (χ2v) is 12.0. The maximum atomic E-state index is 13.8. The zero-order chi connectivity index (χ0) is 25.6. The molecule has 2 fully saturated rings. The number of benzene rings is 2. The van der Waals surface area contributed by atoms with E-state index in [0.29, 0.717) is 18.1 Å². The average molecular weight is 538 g/mol. The molecule has 0 saturated heterocycles. The fourth-order valence-corrected chi connectivity index (χ4v) is 8.66. The van der Waals surface area contributed by atoms with Crippen LogP contribution in [0.1, 0.15) is 36.0 Å². The lowest BCUT2D eigenvalue weighted by Gasteiger charge is -2.35. The number of nitrogens with zero attached hydrogens (tertiary/aromatic N) is 2. The van der Waals surface area contributed by atoms with Crippen LogP contribution in [0.3, 0.4) is 0 Å². The largest absolute Gasteiger partial charge is 0.337 e. The summed E-state index contributed by atoms with van der Waals surface area (Å²) in [7, 11) is -3.86. The molecule has 11 heteroatoms. The molecule has 36 heavy (non-hydrogen) atoms. The minimum absolute atomic E-state index is 0.00496. The third kappa shape index (κ3) is 4.64. The van der Waals surface area contributed by atoms with Crippen LogP contribution in [0.4, 0.5) is 18.9 Å². The SMILES string of the molecule is O=C(Nc1cc(F)c(F)c(F)c1)c1ccc(Cl)c(S(=O)(=O)[C@H]2C3CCC2C[C@H](Cn2ccnc2)C3)c1. The van der Waals surface area contributed by atoms with Gasteiger partial charge in [-0.25, -0.2) is 26.6 Å². The molecule has 1 aromatic heterocycles. The Morgan fingerprint density at radius 1 is 1.08 bits per heavy atom. The van der Waals surface area contributed by atoms with Crippen molar-refractivity contribution in [3.63, 3.8) is 0 Å². The van der Waals surface area contributed by atoms with Crippen molar-refractivity contribution >= 4 is 33.0 Å². The van der Waals surface area contributed by atoms with Crippen molar-refractivity contribution in [3.8, 4) is 0 Å². The van der Waals surface area contributed by atoms with E-state index in [9.17, 15) is 26.4 Å². The van der Waals surface area contributed by atoms with Gasteiger partial charge in [0, 0.05) is 42.3 Å². The lowest BCUT2D eigenvalue weighted by atomic mass is 9.80. The molecule has 6 nitrogen and oxygen atoms in total. The number of hydrogen-bond donors (Lipinski definition) is 1. The molecule has 0 radical (unpaired) electrons. The highest BCUT2D eigenvalue weighted by Gasteiger charge is 2.50. The number of hydrogen-bond acceptors (Lipinski definition) is 4. The summed E-state index contributed by atoms with van der Waals surface area (Å²) in [6, 6.07) is 5.12. The summed E-state index contributed by atoms with van der Waals surface area (Å²) in [6.45, 7) is 0.792. The number of nitrogens with one attached hydrogen (secondary N) is 1. The normalized spacial score (nSPS) is 23.6. The van der Waals surface area contributed by atoms with E-state index >= 15 is 0 Å². The molecule has 190 valence electrons. The molecule has 2 saturated carbocycles. The smallest absolute Gasteiger partial charge is 0.255 e. The van der Waals surface area contributed by atoms with Gasteiger partial charge in [-0.3, -0.25) is 4.79 Å². The highest BCUT2D eigenvalue weighted by molar-refractivity contribution is 7.92. The zero-order valence-corrected chi connectivity index (χ0v) is 20.6. The van der Waals surface area contributed by atoms with Crippen LogP contribution in [0.2, 0.25) is 5.02 Å². The Labute approximate surface area is 211 Å². The highest BCUT2D eigenvalue weighted by atomic mass is 35.5. The van der Waals surface area contributed by atoms with Gasteiger partial charge in [-0.15, -0.1) is 0 Å². The van der Waals surface area contributed by atoms with Gasteiger partial charge in [-0.2, -0.15) is 0 Å². The number of amides is 1. The Balaban J connectivity index is 1.37. The van der Waals surface area contributed by atoms with Gasteiger partial charge in [0.25, 0.3) is 5.91 Å². The van der Waals surface area contributed by atoms with E-state index in [1.54, 1.807) is 12.5 Å². The standard InChI is InChI=1S/C25H23ClF3N3O3S/c26-19-4-3-17(25(33)31-18-10-20(27)23(29)21(28)11-18)9-22(19)36(34,35)24-15-1-2-16(24)8-14(7-15)12-32-6-5-30-13-32/h3-6,9-11,13-16,24H,1-2,7-8,12H2,(H,31,33)/t14-,15?,16?,24+. The predicted molar refractivity (Wildman–Crippen MR) is 128 cm³/mol. The maximum Gasteiger partial charge on any atom is 0.255 e. The molecule has 2 aromatic carbocycles. The van der Waals surface area contributed by atoms with Gasteiger partial charge in [0.15, 0.2) is 27.3 Å². The number of halogens is 4. The van der Waals surface area contributed by atoms with E-state index in [2.05, 4.69) is 10.3 Å². The summed E-state index contributed by atoms with van der Waals surface area (Å²) in [5.74, 6) is -5.04. The van der Waals surface area contributed by atoms with Gasteiger partial charge in [-0.05, 0) is 61.6 Å². The molecule has 1 amide bonds. The van der Waals surface area contributed by atoms with Crippen LogP contribution >= 0.6 is 11.6 Å². The Morgan fingerprint density at radius 2 is 1.75 bits per heavy atom. The van der Waals surface area contributed by atoms with Gasteiger partial charge in [0.2, 0.25) is 0 Å². The van der Waals surface area contributed by atoms with Crippen molar-refractivity contribution in [2.45, 2.75) is 42.4 Å². The maximum absolute atomic E-state index is 13.8. The number of carbonyl (C=O) groups is 1. The molecule has 3 aromatic rings. The topological polar surface area (TPSA) is 81.1 Å². The lowest BCUT2D eigenvalue weighted by molar-refractivity contribution is 0.102. The first-order valence-electron chi connectivity index (χ1n) is 11.6. The van der Waals surface area contributed by atoms with Crippen LogP contribution < -0.4 is 5.32 Å². The van der Waals surface area contributed by atoms with Crippen LogP contribution in [0.15, 0.2) is 53.9 Å². The molecule has 0 spiro atoms. The summed E-state index contributed by atoms with van der Waals surface area (Å²) >= 11 is 6.30. The van der Waals surface area contributed by atoms with Crippen molar-refractivity contribution in [1.29, 1.82) is 0 Å². The second-order valence-electron chi connectivity index (χ2n) is 9.56. The van der Waals surface area contributed by atoms with Crippen molar-refractivity contribution < 1.29 is 26.4 Å². The first kappa shape index (κ1) is 24.8. The van der Waals surface area contributed by atoms with E-state index in [4.69, 9.17) is 11.6 Å². The monoisotopic (exact) mass is 537 g/mol. The molecular weight excluding hydrogens is 515 g/mol. The number of rotatable bonds is 6. The lowest BCUT2D eigenvalue weighted by Crippen LogP contribution is -2.38. The Morgan fingerprint density at radius 3 is 2.36 bits per heavy atom. The minimum Gasteiger partial charge on any atom is -0.337 e. The van der Waals surface area contributed by atoms with E-state index < -0.39 is 38.4 Å². The number of sulfone groups is 1. The first-order valence-corrected chi connectivity index (χ1v) is 13.5. The number of carbonyl (C=O) groups excluding carboxylic acids is 1. The number of anilines is 1. The van der Waals surface area contributed by atoms with Crippen LogP contribution in [-0.2, 0) is 16.4 Å². The molecule has 2 bridgehead atoms. The molecule has 1 N–H and O–H groups in total. The Kier molecular flexibility index (Phi) is 6.59. The molecule has 1 heterocycles. The molecule has 0 aliphatic heterocycles. The molecule has 5 rings (SSSR count). The number of imidazole rings is 1. The quantitative estimate of drug-likeness (QED) is 0.422. The summed E-state index contributed by atoms with van der Waals surface area (Å²) < 4.78 is 69.8. The second kappa shape index (κ2) is 9.55. The van der Waals surface area contributed by atoms with Gasteiger partial charge in [0.1, 0.15) is 0 Å². The van der Waals surface area contributed by atoms with Crippen LogP contribution in [0, 0.1) is 35.2 Å². The molecule has 2 aliphatic rings. The first-order chi connectivity index (χ1) is 17.1. The van der Waals surface area contributed by atoms with Crippen LogP contribution in [-0.4, -0.2) is 29.1 Å². The molecule has 2 unspecified atom stereocenters. The van der Waals surface area contributed by atoms with Crippen LogP contribution in [0.25, 0.3) is 0 Å². The minimum atomic E-state index is -3.86. The number of fused-ring (bicyclic) bond motifs is 2. The Hall–Kier alpha value is -2.85. The van der Waals surface area contributed by atoms with Gasteiger partial charge in [-0.1, -0.05) is 11.6 Å². The van der Waals surface area contributed by atoms with E-state index in [1.165, 1.54) is 18.2 Å². The van der Waals surface area contributed by atoms with Gasteiger partial charge in [0.05, 0.1) is 21.5 Å². The summed E-state index contributed by atoms with van der Waals surface area (Å²) in [6.07, 6.45) is 8.56. The van der Waals surface area contributed by atoms with E-state index in [-0.39, 0.29) is 33.0 Å². The van der Waals surface area contributed by atoms with Gasteiger partial charge >= 0.3 is 0 Å². The third-order valence-electron chi connectivity index (χ3n) is 7.24. The Bertz CT molecular complexity index is 1380. The predicted octanol–water partition coefficient (Wildman–Crippen LogP) is 5.48. The third-order valence-corrected chi connectivity index (χ3v) is 10.1. The van der Waals surface area contributed by atoms with Crippen LogP contribution in [0.5, 0.6) is 0 Å². The van der Waals surface area contributed by atoms with Gasteiger partial charge < -0.3 is 9.88 Å². The fraction of sp³-hybridized carbons (Fsp3) is 0.360. The molecule has 2 atom stereocenters.